The summed E-state index contributed by atoms with van der Waals surface area (Å²) in [7, 11) is -3.62. The van der Waals surface area contributed by atoms with E-state index >= 15 is 0 Å². The van der Waals surface area contributed by atoms with E-state index in [4.69, 9.17) is 28.3 Å². The van der Waals surface area contributed by atoms with Gasteiger partial charge in [-0.05, 0) is 24.6 Å². The van der Waals surface area contributed by atoms with Crippen molar-refractivity contribution >= 4 is 33.2 Å². The van der Waals surface area contributed by atoms with E-state index in [0.717, 1.165) is 0 Å². The van der Waals surface area contributed by atoms with Crippen LogP contribution in [0.5, 0.6) is 0 Å². The molecule has 1 N–H and O–H groups in total. The molecule has 1 aliphatic heterocycles. The van der Waals surface area contributed by atoms with Gasteiger partial charge in [0.25, 0.3) is 0 Å². The minimum Gasteiger partial charge on any atom is -0.395 e. The third-order valence-electron chi connectivity index (χ3n) is 3.65. The molecule has 1 aromatic rings. The second kappa shape index (κ2) is 6.81. The molecule has 0 aliphatic carbocycles. The van der Waals surface area contributed by atoms with Crippen LogP contribution in [0.3, 0.4) is 0 Å². The predicted molar refractivity (Wildman–Crippen MR) is 83.5 cm³/mol. The van der Waals surface area contributed by atoms with Crippen molar-refractivity contribution in [1.29, 1.82) is 0 Å². The summed E-state index contributed by atoms with van der Waals surface area (Å²) < 4.78 is 26.8. The highest BCUT2D eigenvalue weighted by atomic mass is 35.5. The summed E-state index contributed by atoms with van der Waals surface area (Å²) in [5, 5.41) is 9.54. The Labute approximate surface area is 135 Å². The summed E-state index contributed by atoms with van der Waals surface area (Å²) >= 11 is 12.1. The molecule has 118 valence electrons. The quantitative estimate of drug-likeness (QED) is 0.893. The minimum absolute atomic E-state index is 0.0783. The Morgan fingerprint density at radius 1 is 1.19 bits per heavy atom. The van der Waals surface area contributed by atoms with Crippen LogP contribution in [0.25, 0.3) is 0 Å². The van der Waals surface area contributed by atoms with E-state index in [1.807, 2.05) is 4.90 Å². The lowest BCUT2D eigenvalue weighted by Gasteiger charge is -2.33. The molecule has 0 saturated carbocycles. The monoisotopic (exact) mass is 352 g/mol. The molecule has 0 unspecified atom stereocenters. The molecule has 1 fully saturated rings. The molecular weight excluding hydrogens is 335 g/mol. The Hall–Kier alpha value is -0.370. The average molecular weight is 353 g/mol. The molecule has 5 nitrogen and oxygen atoms in total. The van der Waals surface area contributed by atoms with E-state index in [-0.39, 0.29) is 16.5 Å². The molecule has 21 heavy (non-hydrogen) atoms. The highest BCUT2D eigenvalue weighted by Crippen LogP contribution is 2.32. The van der Waals surface area contributed by atoms with Crippen molar-refractivity contribution in [1.82, 2.24) is 9.21 Å². The zero-order valence-electron chi connectivity index (χ0n) is 11.7. The molecule has 1 aliphatic rings. The third kappa shape index (κ3) is 3.52. The molecule has 8 heteroatoms. The van der Waals surface area contributed by atoms with Gasteiger partial charge in [-0.1, -0.05) is 23.2 Å². The van der Waals surface area contributed by atoms with Crippen molar-refractivity contribution in [2.45, 2.75) is 11.8 Å². The smallest absolute Gasteiger partial charge is 0.244 e. The Morgan fingerprint density at radius 2 is 1.81 bits per heavy atom. The summed E-state index contributed by atoms with van der Waals surface area (Å²) in [4.78, 5) is 2.13. The Morgan fingerprint density at radius 3 is 2.38 bits per heavy atom. The van der Waals surface area contributed by atoms with Crippen molar-refractivity contribution in [2.24, 2.45) is 0 Å². The molecule has 0 bridgehead atoms. The largest absolute Gasteiger partial charge is 0.395 e. The molecule has 1 heterocycles. The summed E-state index contributed by atoms with van der Waals surface area (Å²) in [6.07, 6.45) is 0. The molecule has 0 spiro atoms. The molecule has 0 atom stereocenters. The van der Waals surface area contributed by atoms with Crippen LogP contribution < -0.4 is 0 Å². The van der Waals surface area contributed by atoms with Crippen LogP contribution in [0, 0.1) is 6.92 Å². The van der Waals surface area contributed by atoms with Gasteiger partial charge in [0.1, 0.15) is 4.90 Å². The van der Waals surface area contributed by atoms with E-state index in [2.05, 4.69) is 0 Å². The third-order valence-corrected chi connectivity index (χ3v) is 6.60. The first-order valence-corrected chi connectivity index (χ1v) is 8.85. The summed E-state index contributed by atoms with van der Waals surface area (Å²) in [6, 6.07) is 3.00. The van der Waals surface area contributed by atoms with Crippen LogP contribution in [0.15, 0.2) is 17.0 Å². The van der Waals surface area contributed by atoms with Gasteiger partial charge < -0.3 is 5.11 Å². The van der Waals surface area contributed by atoms with Crippen LogP contribution >= 0.6 is 23.2 Å². The number of β-amino-alcohol motifs (C(OH)–C–C–N with tert-alkyl or cyclic N) is 1. The molecule has 0 radical (unpaired) electrons. The fourth-order valence-corrected chi connectivity index (χ4v) is 4.51. The SMILES string of the molecule is Cc1c(Cl)ccc(S(=O)(=O)N2CCN(CCO)CC2)c1Cl. The van der Waals surface area contributed by atoms with Gasteiger partial charge in [0.2, 0.25) is 10.0 Å². The number of benzene rings is 1. The van der Waals surface area contributed by atoms with Crippen molar-refractivity contribution in [3.05, 3.63) is 27.7 Å². The number of hydrogen-bond donors (Lipinski definition) is 1. The van der Waals surface area contributed by atoms with Gasteiger partial charge in [-0.25, -0.2) is 8.42 Å². The van der Waals surface area contributed by atoms with E-state index < -0.39 is 10.0 Å². The van der Waals surface area contributed by atoms with Crippen molar-refractivity contribution < 1.29 is 13.5 Å². The second-order valence-corrected chi connectivity index (χ2v) is 7.65. The minimum atomic E-state index is -3.62. The average Bonchev–Trinajstić information content (AvgIpc) is 2.45. The number of aliphatic hydroxyl groups excluding tert-OH is 1. The molecule has 0 amide bonds. The highest BCUT2D eigenvalue weighted by Gasteiger charge is 2.30. The van der Waals surface area contributed by atoms with E-state index in [1.54, 1.807) is 13.0 Å². The fourth-order valence-electron chi connectivity index (χ4n) is 2.31. The van der Waals surface area contributed by atoms with Gasteiger partial charge in [0, 0.05) is 37.7 Å². The predicted octanol–water partition coefficient (Wildman–Crippen LogP) is 1.60. The van der Waals surface area contributed by atoms with Crippen LogP contribution in [0.2, 0.25) is 10.0 Å². The number of halogens is 2. The number of piperazine rings is 1. The Kier molecular flexibility index (Phi) is 5.51. The molecular formula is C13H18Cl2N2O3S. The number of nitrogens with zero attached hydrogens (tertiary/aromatic N) is 2. The first-order valence-electron chi connectivity index (χ1n) is 6.66. The number of hydrogen-bond acceptors (Lipinski definition) is 4. The van der Waals surface area contributed by atoms with Crippen molar-refractivity contribution in [3.8, 4) is 0 Å². The molecule has 2 rings (SSSR count). The summed E-state index contributed by atoms with van der Waals surface area (Å²) in [5.74, 6) is 0. The van der Waals surface area contributed by atoms with E-state index in [0.29, 0.717) is 43.3 Å². The van der Waals surface area contributed by atoms with Gasteiger partial charge in [-0.15, -0.1) is 0 Å². The van der Waals surface area contributed by atoms with Gasteiger partial charge in [-0.2, -0.15) is 4.31 Å². The fraction of sp³-hybridized carbons (Fsp3) is 0.538. The highest BCUT2D eigenvalue weighted by molar-refractivity contribution is 7.89. The van der Waals surface area contributed by atoms with Gasteiger partial charge in [0.05, 0.1) is 11.6 Å². The lowest BCUT2D eigenvalue weighted by atomic mass is 10.2. The van der Waals surface area contributed by atoms with Crippen LogP contribution in [0.1, 0.15) is 5.56 Å². The zero-order valence-corrected chi connectivity index (χ0v) is 14.0. The maximum atomic E-state index is 12.7. The lowest BCUT2D eigenvalue weighted by Crippen LogP contribution is -2.49. The lowest BCUT2D eigenvalue weighted by molar-refractivity contribution is 0.151. The molecule has 1 aromatic carbocycles. The Bertz CT molecular complexity index is 614. The second-order valence-electron chi connectivity index (χ2n) is 4.95. The van der Waals surface area contributed by atoms with Gasteiger partial charge >= 0.3 is 0 Å². The van der Waals surface area contributed by atoms with Crippen LogP contribution in [-0.2, 0) is 10.0 Å². The number of sulfonamides is 1. The summed E-state index contributed by atoms with van der Waals surface area (Å²) in [6.45, 7) is 4.32. The normalized spacial score (nSPS) is 18.1. The van der Waals surface area contributed by atoms with Crippen molar-refractivity contribution in [3.63, 3.8) is 0 Å². The molecule has 1 saturated heterocycles. The topological polar surface area (TPSA) is 60.9 Å². The first kappa shape index (κ1) is 17.0. The first-order chi connectivity index (χ1) is 9.87. The van der Waals surface area contributed by atoms with Crippen LogP contribution in [0.4, 0.5) is 0 Å². The maximum absolute atomic E-state index is 12.7. The molecule has 0 aromatic heterocycles. The Balaban J connectivity index is 2.22. The van der Waals surface area contributed by atoms with Crippen molar-refractivity contribution in [2.75, 3.05) is 39.3 Å². The van der Waals surface area contributed by atoms with Crippen LogP contribution in [-0.4, -0.2) is 62.1 Å². The van der Waals surface area contributed by atoms with Gasteiger partial charge in [0.15, 0.2) is 0 Å². The number of rotatable bonds is 4. The zero-order chi connectivity index (χ0) is 15.6. The van der Waals surface area contributed by atoms with Gasteiger partial charge in [-0.3, -0.25) is 4.90 Å². The summed E-state index contributed by atoms with van der Waals surface area (Å²) in [5.41, 5.74) is 0.568. The van der Waals surface area contributed by atoms with E-state index in [1.165, 1.54) is 10.4 Å². The number of aliphatic hydroxyl groups is 1. The maximum Gasteiger partial charge on any atom is 0.244 e. The standard InChI is InChI=1S/C13H18Cl2N2O3S/c1-10-11(14)2-3-12(13(10)15)21(19,20)17-6-4-16(5-7-17)8-9-18/h2-3,18H,4-9H2,1H3. The van der Waals surface area contributed by atoms with E-state index in [9.17, 15) is 8.42 Å².